The molecule has 0 spiro atoms. The van der Waals surface area contributed by atoms with Crippen molar-refractivity contribution in [3.8, 4) is 0 Å². The molecule has 1 heterocycles. The minimum Gasteiger partial charge on any atom is -0.357 e. The number of unbranched alkanes of at least 4 members (excludes halogenated alkanes) is 1. The summed E-state index contributed by atoms with van der Waals surface area (Å²) in [6.45, 7) is 9.38. The van der Waals surface area contributed by atoms with E-state index in [2.05, 4.69) is 54.6 Å². The first-order chi connectivity index (χ1) is 12.6. The second-order valence-electron chi connectivity index (χ2n) is 6.49. The zero-order valence-electron chi connectivity index (χ0n) is 16.5. The second-order valence-corrected chi connectivity index (χ2v) is 6.49. The summed E-state index contributed by atoms with van der Waals surface area (Å²) >= 11 is 0. The van der Waals surface area contributed by atoms with E-state index in [-0.39, 0.29) is 29.5 Å². The minimum atomic E-state index is 0. The highest BCUT2D eigenvalue weighted by Gasteiger charge is 2.01. The van der Waals surface area contributed by atoms with Gasteiger partial charge in [-0.3, -0.25) is 4.79 Å². The molecule has 27 heavy (non-hydrogen) atoms. The lowest BCUT2D eigenvalue weighted by atomic mass is 10.1. The first-order valence-electron chi connectivity index (χ1n) is 9.34. The first-order valence-corrected chi connectivity index (χ1v) is 9.34. The van der Waals surface area contributed by atoms with Crippen molar-refractivity contribution in [3.63, 3.8) is 0 Å². The van der Waals surface area contributed by atoms with Crippen LogP contribution in [0.5, 0.6) is 0 Å². The lowest BCUT2D eigenvalue weighted by molar-refractivity contribution is 0.585. The quantitative estimate of drug-likeness (QED) is 0.262. The molecule has 1 aromatic heterocycles. The summed E-state index contributed by atoms with van der Waals surface area (Å²) in [6, 6.07) is 11.7. The molecule has 148 valence electrons. The smallest absolute Gasteiger partial charge is 0.250 e. The molecule has 6 heteroatoms. The fourth-order valence-corrected chi connectivity index (χ4v) is 2.79. The van der Waals surface area contributed by atoms with E-state index in [1.165, 1.54) is 16.7 Å². The Kier molecular flexibility index (Phi) is 10.8. The van der Waals surface area contributed by atoms with Gasteiger partial charge in [0.05, 0.1) is 6.54 Å². The van der Waals surface area contributed by atoms with Crippen LogP contribution in [-0.2, 0) is 13.1 Å². The van der Waals surface area contributed by atoms with Crippen molar-refractivity contribution in [2.45, 2.75) is 46.7 Å². The largest absolute Gasteiger partial charge is 0.357 e. The molecular weight excluding hydrogens is 451 g/mol. The lowest BCUT2D eigenvalue weighted by Gasteiger charge is -2.12. The molecule has 5 nitrogen and oxygen atoms in total. The first kappa shape index (κ1) is 23.2. The molecule has 0 aliphatic rings. The van der Waals surface area contributed by atoms with Gasteiger partial charge in [-0.05, 0) is 50.8 Å². The molecule has 2 rings (SSSR count). The number of aromatic nitrogens is 1. The maximum absolute atomic E-state index is 11.7. The fraction of sp³-hybridized carbons (Fsp3) is 0.429. The number of hydrogen-bond donors (Lipinski definition) is 2. The number of benzene rings is 1. The second kappa shape index (κ2) is 12.5. The molecule has 0 fully saturated rings. The van der Waals surface area contributed by atoms with E-state index >= 15 is 0 Å². The number of rotatable bonds is 8. The van der Waals surface area contributed by atoms with Crippen molar-refractivity contribution in [1.82, 2.24) is 15.2 Å². The lowest BCUT2D eigenvalue weighted by Crippen LogP contribution is -2.37. The van der Waals surface area contributed by atoms with Crippen LogP contribution in [0.1, 0.15) is 36.5 Å². The maximum atomic E-state index is 11.7. The van der Waals surface area contributed by atoms with Crippen LogP contribution < -0.4 is 16.2 Å². The van der Waals surface area contributed by atoms with E-state index in [1.807, 2.05) is 12.3 Å². The normalized spacial score (nSPS) is 11.0. The average molecular weight is 482 g/mol. The summed E-state index contributed by atoms with van der Waals surface area (Å²) < 4.78 is 1.75. The van der Waals surface area contributed by atoms with E-state index in [4.69, 9.17) is 0 Å². The Hall–Kier alpha value is -1.83. The Labute approximate surface area is 179 Å². The van der Waals surface area contributed by atoms with Gasteiger partial charge in [-0.2, -0.15) is 0 Å². The number of nitrogens with zero attached hydrogens (tertiary/aromatic N) is 2. The van der Waals surface area contributed by atoms with Gasteiger partial charge < -0.3 is 15.2 Å². The molecule has 0 aliphatic carbocycles. The molecule has 0 unspecified atom stereocenters. The van der Waals surface area contributed by atoms with Crippen LogP contribution in [0.3, 0.4) is 0 Å². The van der Waals surface area contributed by atoms with Crippen LogP contribution >= 0.6 is 24.0 Å². The molecule has 0 aliphatic heterocycles. The molecule has 0 radical (unpaired) electrons. The summed E-state index contributed by atoms with van der Waals surface area (Å²) in [7, 11) is 0. The van der Waals surface area contributed by atoms with E-state index in [0.29, 0.717) is 6.54 Å². The number of nitrogens with one attached hydrogen (secondary N) is 2. The standard InChI is InChI=1S/C21H30N4O.HI/c1-4-22-21(24-16-19-11-10-17(2)15-18(19)3)23-12-6-8-14-25-13-7-5-9-20(25)26;/h5,7,9-11,13,15H,4,6,8,12,14,16H2,1-3H3,(H2,22,23,24);1H. The third kappa shape index (κ3) is 8.15. The zero-order valence-corrected chi connectivity index (χ0v) is 18.8. The summed E-state index contributed by atoms with van der Waals surface area (Å²) in [5, 5.41) is 6.66. The highest BCUT2D eigenvalue weighted by Crippen LogP contribution is 2.11. The summed E-state index contributed by atoms with van der Waals surface area (Å²) in [4.78, 5) is 16.3. The van der Waals surface area contributed by atoms with Gasteiger partial charge in [0.2, 0.25) is 5.56 Å². The zero-order chi connectivity index (χ0) is 18.8. The van der Waals surface area contributed by atoms with Crippen molar-refractivity contribution in [2.24, 2.45) is 4.99 Å². The molecule has 2 N–H and O–H groups in total. The predicted molar refractivity (Wildman–Crippen MR) is 124 cm³/mol. The monoisotopic (exact) mass is 482 g/mol. The van der Waals surface area contributed by atoms with Crippen molar-refractivity contribution in [3.05, 3.63) is 69.6 Å². The topological polar surface area (TPSA) is 58.4 Å². The van der Waals surface area contributed by atoms with Crippen LogP contribution in [0.4, 0.5) is 0 Å². The Balaban J connectivity index is 0.00000364. The van der Waals surface area contributed by atoms with Crippen molar-refractivity contribution >= 4 is 29.9 Å². The van der Waals surface area contributed by atoms with Gasteiger partial charge in [0, 0.05) is 31.9 Å². The van der Waals surface area contributed by atoms with E-state index in [0.717, 1.165) is 38.4 Å². The van der Waals surface area contributed by atoms with E-state index in [9.17, 15) is 4.79 Å². The third-order valence-corrected chi connectivity index (χ3v) is 4.27. The van der Waals surface area contributed by atoms with Gasteiger partial charge in [0.25, 0.3) is 0 Å². The molecule has 0 saturated carbocycles. The van der Waals surface area contributed by atoms with Gasteiger partial charge in [-0.15, -0.1) is 24.0 Å². The molecule has 0 bridgehead atoms. The van der Waals surface area contributed by atoms with Crippen LogP contribution in [0.15, 0.2) is 52.4 Å². The maximum Gasteiger partial charge on any atom is 0.250 e. The molecule has 0 saturated heterocycles. The SMILES string of the molecule is CCNC(=NCc1ccc(C)cc1C)NCCCCn1ccccc1=O.I. The Morgan fingerprint density at radius 1 is 1.11 bits per heavy atom. The van der Waals surface area contributed by atoms with Crippen LogP contribution in [-0.4, -0.2) is 23.6 Å². The van der Waals surface area contributed by atoms with Crippen LogP contribution in [0.2, 0.25) is 0 Å². The van der Waals surface area contributed by atoms with Gasteiger partial charge in [-0.1, -0.05) is 29.8 Å². The number of halogens is 1. The van der Waals surface area contributed by atoms with Crippen LogP contribution in [0, 0.1) is 13.8 Å². The van der Waals surface area contributed by atoms with Gasteiger partial charge in [-0.25, -0.2) is 4.99 Å². The summed E-state index contributed by atoms with van der Waals surface area (Å²) in [5.41, 5.74) is 3.86. The highest BCUT2D eigenvalue weighted by molar-refractivity contribution is 14.0. The van der Waals surface area contributed by atoms with Gasteiger partial charge in [0.15, 0.2) is 5.96 Å². The fourth-order valence-electron chi connectivity index (χ4n) is 2.79. The molecule has 0 amide bonds. The molecule has 0 atom stereocenters. The summed E-state index contributed by atoms with van der Waals surface area (Å²) in [5.74, 6) is 0.837. The number of pyridine rings is 1. The van der Waals surface area contributed by atoms with Crippen molar-refractivity contribution < 1.29 is 0 Å². The predicted octanol–water partition coefficient (Wildman–Crippen LogP) is 3.62. The minimum absolute atomic E-state index is 0. The number of aryl methyl sites for hydroxylation is 3. The Morgan fingerprint density at radius 2 is 1.93 bits per heavy atom. The number of guanidine groups is 1. The molecule has 1 aromatic carbocycles. The van der Waals surface area contributed by atoms with E-state index < -0.39 is 0 Å². The van der Waals surface area contributed by atoms with Gasteiger partial charge in [0.1, 0.15) is 0 Å². The molecule has 2 aromatic rings. The van der Waals surface area contributed by atoms with Crippen LogP contribution in [0.25, 0.3) is 0 Å². The number of aliphatic imine (C=N–C) groups is 1. The highest BCUT2D eigenvalue weighted by atomic mass is 127. The summed E-state index contributed by atoms with van der Waals surface area (Å²) in [6.07, 6.45) is 3.77. The van der Waals surface area contributed by atoms with Crippen molar-refractivity contribution in [2.75, 3.05) is 13.1 Å². The third-order valence-electron chi connectivity index (χ3n) is 4.27. The van der Waals surface area contributed by atoms with Gasteiger partial charge >= 0.3 is 0 Å². The van der Waals surface area contributed by atoms with Crippen molar-refractivity contribution in [1.29, 1.82) is 0 Å². The number of hydrogen-bond acceptors (Lipinski definition) is 2. The Morgan fingerprint density at radius 3 is 2.63 bits per heavy atom. The molecular formula is C21H31IN4O. The Bertz CT molecular complexity index is 786. The average Bonchev–Trinajstić information content (AvgIpc) is 2.62. The van der Waals surface area contributed by atoms with E-state index in [1.54, 1.807) is 16.7 Å².